The maximum atomic E-state index is 11.9. The van der Waals surface area contributed by atoms with Crippen molar-refractivity contribution in [1.29, 1.82) is 0 Å². The fraction of sp³-hybridized carbons (Fsp3) is 0.529. The van der Waals surface area contributed by atoms with Crippen LogP contribution in [0.1, 0.15) is 26.2 Å². The van der Waals surface area contributed by atoms with Gasteiger partial charge in [0, 0.05) is 43.3 Å². The molecule has 1 saturated heterocycles. The minimum atomic E-state index is -0.128. The van der Waals surface area contributed by atoms with E-state index in [4.69, 9.17) is 4.74 Å². The predicted octanol–water partition coefficient (Wildman–Crippen LogP) is 2.51. The Balaban J connectivity index is 1.67. The van der Waals surface area contributed by atoms with Crippen molar-refractivity contribution < 1.29 is 9.53 Å². The minimum absolute atomic E-state index is 0.0358. The summed E-state index contributed by atoms with van der Waals surface area (Å²) in [7, 11) is 1.72. The van der Waals surface area contributed by atoms with Crippen molar-refractivity contribution in [2.75, 3.05) is 32.1 Å². The number of anilines is 1. The van der Waals surface area contributed by atoms with Crippen LogP contribution in [0.4, 0.5) is 5.69 Å². The Kier molecular flexibility index (Phi) is 7.05. The number of ether oxygens (including phenoxy) is 1. The molecule has 6 nitrogen and oxygen atoms in total. The van der Waals surface area contributed by atoms with Gasteiger partial charge in [0.15, 0.2) is 5.96 Å². The number of carbonyl (C=O) groups excluding carboxylic acids is 1. The van der Waals surface area contributed by atoms with Crippen molar-refractivity contribution in [1.82, 2.24) is 10.6 Å². The third kappa shape index (κ3) is 6.13. The Hall–Kier alpha value is -1.60. The minimum Gasteiger partial charge on any atom is -0.373 e. The fourth-order valence-electron chi connectivity index (χ4n) is 2.52. The number of nitrogens with one attached hydrogen (secondary N) is 3. The van der Waals surface area contributed by atoms with Gasteiger partial charge < -0.3 is 20.7 Å². The number of nitrogens with zero attached hydrogens (tertiary/aromatic N) is 1. The lowest BCUT2D eigenvalue weighted by atomic mass is 10.0. The molecule has 1 heterocycles. The highest BCUT2D eigenvalue weighted by molar-refractivity contribution is 9.10. The summed E-state index contributed by atoms with van der Waals surface area (Å²) in [4.78, 5) is 16.1. The normalized spacial score (nSPS) is 20.7. The summed E-state index contributed by atoms with van der Waals surface area (Å²) in [5, 5.41) is 9.27. The quantitative estimate of drug-likeness (QED) is 0.510. The number of rotatable bonds is 6. The van der Waals surface area contributed by atoms with Crippen molar-refractivity contribution in [3.8, 4) is 0 Å². The molecular formula is C17H25BrN4O2. The summed E-state index contributed by atoms with van der Waals surface area (Å²) in [5.41, 5.74) is 0.661. The summed E-state index contributed by atoms with van der Waals surface area (Å²) in [6, 6.07) is 7.51. The average molecular weight is 397 g/mol. The summed E-state index contributed by atoms with van der Waals surface area (Å²) < 4.78 is 6.72. The molecule has 1 aromatic carbocycles. The lowest BCUT2D eigenvalue weighted by Gasteiger charge is -2.24. The van der Waals surface area contributed by atoms with E-state index in [9.17, 15) is 4.79 Å². The number of guanidine groups is 1. The fourth-order valence-corrected chi connectivity index (χ4v) is 2.78. The molecule has 0 aliphatic carbocycles. The van der Waals surface area contributed by atoms with Crippen LogP contribution in [0.25, 0.3) is 0 Å². The second-order valence-electron chi connectivity index (χ2n) is 6.06. The predicted molar refractivity (Wildman–Crippen MR) is 100 cm³/mol. The van der Waals surface area contributed by atoms with Crippen LogP contribution in [0, 0.1) is 0 Å². The maximum absolute atomic E-state index is 11.9. The number of benzene rings is 1. The van der Waals surface area contributed by atoms with Crippen LogP contribution in [-0.2, 0) is 9.53 Å². The standard InChI is InChI=1S/C17H25BrN4O2/c1-17(9-3-11-24-17)12-21-16(19-2)20-10-8-15(23)22-14-6-4-13(18)5-7-14/h4-7H,3,8-12H2,1-2H3,(H,22,23)(H2,19,20,21). The van der Waals surface area contributed by atoms with Crippen molar-refractivity contribution in [2.24, 2.45) is 4.99 Å². The number of hydrogen-bond donors (Lipinski definition) is 3. The van der Waals surface area contributed by atoms with Gasteiger partial charge in [-0.15, -0.1) is 0 Å². The smallest absolute Gasteiger partial charge is 0.226 e. The lowest BCUT2D eigenvalue weighted by Crippen LogP contribution is -2.46. The maximum Gasteiger partial charge on any atom is 0.226 e. The molecule has 132 valence electrons. The van der Waals surface area contributed by atoms with Gasteiger partial charge in [-0.1, -0.05) is 15.9 Å². The van der Waals surface area contributed by atoms with Crippen LogP contribution in [-0.4, -0.2) is 44.2 Å². The zero-order valence-corrected chi connectivity index (χ0v) is 15.8. The SMILES string of the molecule is CN=C(NCCC(=O)Nc1ccc(Br)cc1)NCC1(C)CCCO1. The molecule has 0 radical (unpaired) electrons. The molecule has 1 unspecified atom stereocenters. The molecule has 1 atom stereocenters. The van der Waals surface area contributed by atoms with E-state index in [1.54, 1.807) is 7.05 Å². The Morgan fingerprint density at radius 2 is 2.08 bits per heavy atom. The molecule has 1 aliphatic heterocycles. The second kappa shape index (κ2) is 9.03. The van der Waals surface area contributed by atoms with E-state index in [1.165, 1.54) is 0 Å². The van der Waals surface area contributed by atoms with Gasteiger partial charge in [0.1, 0.15) is 0 Å². The number of carbonyl (C=O) groups is 1. The van der Waals surface area contributed by atoms with Gasteiger partial charge in [0.05, 0.1) is 5.60 Å². The zero-order chi connectivity index (χ0) is 17.4. The van der Waals surface area contributed by atoms with Gasteiger partial charge in [0.2, 0.25) is 5.91 Å². The Bertz CT molecular complexity index is 568. The third-order valence-electron chi connectivity index (χ3n) is 3.93. The molecule has 1 aliphatic rings. The van der Waals surface area contributed by atoms with Gasteiger partial charge in [-0.3, -0.25) is 9.79 Å². The molecule has 2 rings (SSSR count). The van der Waals surface area contributed by atoms with Crippen LogP contribution in [0.5, 0.6) is 0 Å². The van der Waals surface area contributed by atoms with Crippen LogP contribution in [0.3, 0.4) is 0 Å². The first-order valence-corrected chi connectivity index (χ1v) is 8.94. The second-order valence-corrected chi connectivity index (χ2v) is 6.98. The summed E-state index contributed by atoms with van der Waals surface area (Å²) in [6.45, 7) is 4.14. The summed E-state index contributed by atoms with van der Waals surface area (Å²) >= 11 is 3.37. The molecule has 0 spiro atoms. The molecule has 3 N–H and O–H groups in total. The van der Waals surface area contributed by atoms with E-state index in [-0.39, 0.29) is 11.5 Å². The highest BCUT2D eigenvalue weighted by atomic mass is 79.9. The Morgan fingerprint density at radius 3 is 2.71 bits per heavy atom. The highest BCUT2D eigenvalue weighted by Gasteiger charge is 2.29. The number of halogens is 1. The zero-order valence-electron chi connectivity index (χ0n) is 14.2. The average Bonchev–Trinajstić information content (AvgIpc) is 3.00. The number of aliphatic imine (C=N–C) groups is 1. The van der Waals surface area contributed by atoms with Gasteiger partial charge in [-0.25, -0.2) is 0 Å². The van der Waals surface area contributed by atoms with Crippen LogP contribution < -0.4 is 16.0 Å². The summed E-state index contributed by atoms with van der Waals surface area (Å²) in [6.07, 6.45) is 2.51. The first kappa shape index (κ1) is 18.7. The lowest BCUT2D eigenvalue weighted by molar-refractivity contribution is -0.116. The Morgan fingerprint density at radius 1 is 1.33 bits per heavy atom. The van der Waals surface area contributed by atoms with Crippen molar-refractivity contribution in [3.05, 3.63) is 28.7 Å². The Labute approximate surface area is 151 Å². The van der Waals surface area contributed by atoms with Gasteiger partial charge >= 0.3 is 0 Å². The number of amides is 1. The molecule has 0 aromatic heterocycles. The third-order valence-corrected chi connectivity index (χ3v) is 4.46. The topological polar surface area (TPSA) is 74.8 Å². The van der Waals surface area contributed by atoms with Crippen LogP contribution in [0.2, 0.25) is 0 Å². The van der Waals surface area contributed by atoms with E-state index in [0.29, 0.717) is 25.5 Å². The molecule has 1 amide bonds. The van der Waals surface area contributed by atoms with E-state index in [0.717, 1.165) is 29.6 Å². The van der Waals surface area contributed by atoms with Gasteiger partial charge in [0.25, 0.3) is 0 Å². The van der Waals surface area contributed by atoms with E-state index < -0.39 is 0 Å². The first-order valence-electron chi connectivity index (χ1n) is 8.15. The van der Waals surface area contributed by atoms with Gasteiger partial charge in [-0.2, -0.15) is 0 Å². The molecule has 1 aromatic rings. The van der Waals surface area contributed by atoms with E-state index in [1.807, 2.05) is 24.3 Å². The monoisotopic (exact) mass is 396 g/mol. The highest BCUT2D eigenvalue weighted by Crippen LogP contribution is 2.23. The molecule has 24 heavy (non-hydrogen) atoms. The van der Waals surface area contributed by atoms with Crippen LogP contribution in [0.15, 0.2) is 33.7 Å². The van der Waals surface area contributed by atoms with Crippen molar-refractivity contribution in [3.63, 3.8) is 0 Å². The van der Waals surface area contributed by atoms with E-state index in [2.05, 4.69) is 43.8 Å². The van der Waals surface area contributed by atoms with Crippen molar-refractivity contribution >= 4 is 33.5 Å². The largest absolute Gasteiger partial charge is 0.373 e. The van der Waals surface area contributed by atoms with Crippen molar-refractivity contribution in [2.45, 2.75) is 31.8 Å². The molecule has 7 heteroatoms. The van der Waals surface area contributed by atoms with Crippen LogP contribution >= 0.6 is 15.9 Å². The van der Waals surface area contributed by atoms with Gasteiger partial charge in [-0.05, 0) is 44.0 Å². The number of hydrogen-bond acceptors (Lipinski definition) is 3. The first-order chi connectivity index (χ1) is 11.5. The summed E-state index contributed by atoms with van der Waals surface area (Å²) in [5.74, 6) is 0.648. The molecule has 0 saturated carbocycles. The van der Waals surface area contributed by atoms with E-state index >= 15 is 0 Å². The molecule has 1 fully saturated rings. The molecular weight excluding hydrogens is 372 g/mol. The molecule has 0 bridgehead atoms.